The van der Waals surface area contributed by atoms with Gasteiger partial charge in [0, 0.05) is 74.4 Å². The molecule has 12 aromatic heterocycles. The Bertz CT molecular complexity index is 5290. The van der Waals surface area contributed by atoms with Gasteiger partial charge in [0.15, 0.2) is 0 Å². The van der Waals surface area contributed by atoms with Gasteiger partial charge in [-0.05, 0) is 192 Å². The molecule has 48 heteroatoms. The smallest absolute Gasteiger partial charge is 0.545 e. The summed E-state index contributed by atoms with van der Waals surface area (Å²) in [7, 11) is -4.50. The quantitative estimate of drug-likeness (QED) is 0.0917. The van der Waals surface area contributed by atoms with E-state index in [1.54, 1.807) is 220 Å². The Labute approximate surface area is 964 Å². The number of carbonyl (C=O) groups is 8. The fraction of sp³-hybridized carbons (Fsp3) is 0. The first-order valence-electron chi connectivity index (χ1n) is 40.9. The summed E-state index contributed by atoms with van der Waals surface area (Å²) < 4.78 is 22.5. The number of aromatic nitrogens is 24. The zero-order valence-electron chi connectivity index (χ0n) is 73.5. The summed E-state index contributed by atoms with van der Waals surface area (Å²) in [6, 6.07) is 87.3. The van der Waals surface area contributed by atoms with Crippen molar-refractivity contribution in [1.82, 2.24) is 116 Å². The zero-order chi connectivity index (χ0) is 96.7. The molecule has 0 saturated carbocycles. The number of aromatic carboxylic acids is 8. The second-order valence-electron chi connectivity index (χ2n) is 27.5. The number of carbonyl (C=O) groups excluding carboxylic acids is 8. The van der Waals surface area contributed by atoms with E-state index in [9.17, 15) is 79.2 Å². The molecule has 0 fully saturated rings. The van der Waals surface area contributed by atoms with E-state index in [0.717, 1.165) is 0 Å². The van der Waals surface area contributed by atoms with Crippen LogP contribution in [-0.2, 0) is 0 Å². The minimum atomic E-state index is -1.13. The minimum absolute atomic E-state index is 0. The second kappa shape index (κ2) is 67.0. The van der Waals surface area contributed by atoms with Crippen LogP contribution >= 0.6 is 0 Å². The molecule has 8 aromatic carbocycles. The van der Waals surface area contributed by atoms with E-state index >= 15 is 0 Å². The van der Waals surface area contributed by atoms with Crippen LogP contribution in [0.5, 0.6) is 0 Å². The van der Waals surface area contributed by atoms with Gasteiger partial charge in [0.2, 0.25) is 0 Å². The Morgan fingerprint density at radius 1 is 0.143 bits per heavy atom. The van der Waals surface area contributed by atoms with Gasteiger partial charge in [-0.1, -0.05) is 243 Å². The first-order valence-corrected chi connectivity index (χ1v) is 40.9. The Hall–Kier alpha value is -13.4. The Balaban J connectivity index is 0.000000271. The van der Waals surface area contributed by atoms with E-state index in [1.807, 2.05) is 202 Å². The molecule has 0 bridgehead atoms. The van der Waals surface area contributed by atoms with Gasteiger partial charge in [-0.2, -0.15) is 0 Å². The van der Waals surface area contributed by atoms with Gasteiger partial charge in [-0.3, -0.25) is 0 Å². The van der Waals surface area contributed by atoms with E-state index in [-0.39, 0.29) is 242 Å². The maximum absolute atomic E-state index is 10.1. The third-order valence-corrected chi connectivity index (χ3v) is 18.3. The van der Waals surface area contributed by atoms with Crippen molar-refractivity contribution in [3.05, 3.63) is 509 Å². The van der Waals surface area contributed by atoms with Gasteiger partial charge in [-0.15, -0.1) is 0 Å². The molecule has 0 aliphatic carbocycles. The van der Waals surface area contributed by atoms with Crippen molar-refractivity contribution in [2.75, 3.05) is 0 Å². The van der Waals surface area contributed by atoms with Crippen molar-refractivity contribution < 1.29 is 277 Å². The van der Waals surface area contributed by atoms with Crippen LogP contribution in [-0.4, -0.2) is 193 Å². The van der Waals surface area contributed by atoms with Gasteiger partial charge in [0.1, 0.15) is 0 Å². The van der Waals surface area contributed by atoms with Crippen LogP contribution in [0.1, 0.15) is 82.9 Å². The van der Waals surface area contributed by atoms with Crippen LogP contribution < -0.4 is 40.9 Å². The SMILES string of the molecule is O=C([O-])c1ccccc1.O=C([O-])c1ccccc1.O=C([O-])c1ccccc1.O=C([O-])c1ccccc1.O=C([O-])c1ccccc1.O=C([O-])c1ccccc1.O=C([O-])c1ccccc1.O=C([O-])c1ccccc1.[Eu+3].[Eu+3].[Eu+3].[Eu+3].c1cnn([BH-](n2cccn2)n2cccn2)c1.c1cnn([BH-](n2cccn2)n2cccn2)c1.c1cnn([BH-](n2cccn2)n2cccn2)c1.c1cnn([BH-](n2cccn2)n2cccn2)c1. The Kier molecular flexibility index (Phi) is 56.1. The van der Waals surface area contributed by atoms with Crippen LogP contribution in [0.15, 0.2) is 464 Å². The van der Waals surface area contributed by atoms with E-state index in [4.69, 9.17) is 0 Å². The average molecular weight is 2430 g/mol. The fourth-order valence-corrected chi connectivity index (χ4v) is 12.0. The monoisotopic (exact) mass is 2430 g/mol. The van der Waals surface area contributed by atoms with Gasteiger partial charge in [-0.25, -0.2) is 61.2 Å². The molecule has 0 amide bonds. The van der Waals surface area contributed by atoms with Crippen LogP contribution in [0, 0.1) is 198 Å². The molecule has 40 nitrogen and oxygen atoms in total. The molecule has 0 aliphatic heterocycles. The molecule has 140 heavy (non-hydrogen) atoms. The van der Waals surface area contributed by atoms with Crippen LogP contribution in [0.4, 0.5) is 0 Å². The molecule has 0 aliphatic rings. The number of nitrogens with zero attached hydrogens (tertiary/aromatic N) is 24. The molecule has 0 atom stereocenters. The van der Waals surface area contributed by atoms with Gasteiger partial charge < -0.3 is 134 Å². The number of carboxylic acid groups (broad SMARTS) is 8. The number of carboxylic acids is 8. The molecule has 0 spiro atoms. The maximum Gasteiger partial charge on any atom is 3.00 e. The van der Waals surface area contributed by atoms with E-state index in [1.165, 1.54) is 97.1 Å². The Morgan fingerprint density at radius 3 is 0.271 bits per heavy atom. The summed E-state index contributed by atoms with van der Waals surface area (Å²) in [5.41, 5.74) is 1.76. The van der Waals surface area contributed by atoms with Gasteiger partial charge in [0.05, 0.1) is 47.8 Å². The van der Waals surface area contributed by atoms with Crippen molar-refractivity contribution in [3.63, 3.8) is 0 Å². The summed E-state index contributed by atoms with van der Waals surface area (Å²) in [6.45, 7) is 0. The summed E-state index contributed by atoms with van der Waals surface area (Å²) in [6.07, 6.45) is 44.1. The van der Waals surface area contributed by atoms with Crippen molar-refractivity contribution in [2.24, 2.45) is 0 Å². The molecular formula is C92H80B4Eu4N24O16. The maximum atomic E-state index is 10.1. The first-order chi connectivity index (χ1) is 66.2. The normalized spacial score (nSPS) is 9.63. The van der Waals surface area contributed by atoms with Crippen LogP contribution in [0.2, 0.25) is 0 Å². The van der Waals surface area contributed by atoms with Crippen LogP contribution in [0.25, 0.3) is 0 Å². The standard InChI is InChI=1S/4C9H10BN6.8C7H6O2.4Eu/c4*1-4-11-14(7-1)10(15-8-2-5-12-15)16-9-3-6-13-16;8*8-7(9)6-4-2-1-3-5-6;;;;/h4*1-10H;8*1-5H,(H,8,9);;;;/q4*-1;;;;;;;;;4*+3/p-8. The molecule has 0 radical (unpaired) electrons. The van der Waals surface area contributed by atoms with Gasteiger partial charge in [0.25, 0.3) is 0 Å². The predicted molar refractivity (Wildman–Crippen MR) is 486 cm³/mol. The van der Waals surface area contributed by atoms with E-state index in [0.29, 0.717) is 0 Å². The molecule has 0 N–H and O–H groups in total. The molecule has 0 saturated heterocycles. The largest absolute Gasteiger partial charge is 3.00 e. The molecule has 12 heterocycles. The molecule has 0 unspecified atom stereocenters. The van der Waals surface area contributed by atoms with Crippen molar-refractivity contribution in [2.45, 2.75) is 0 Å². The number of rotatable bonds is 20. The predicted octanol–water partition coefficient (Wildman–Crippen LogP) is 0.153. The van der Waals surface area contributed by atoms with E-state index < -0.39 is 76.2 Å². The van der Waals surface area contributed by atoms with Crippen molar-refractivity contribution in [3.8, 4) is 0 Å². The summed E-state index contributed by atoms with van der Waals surface area (Å²) >= 11 is 0. The van der Waals surface area contributed by atoms with Crippen molar-refractivity contribution >= 4 is 76.2 Å². The summed E-state index contributed by atoms with van der Waals surface area (Å²) in [5.74, 6) is -9.03. The van der Waals surface area contributed by atoms with Crippen LogP contribution in [0.3, 0.4) is 0 Å². The molecule has 20 rings (SSSR count). The third kappa shape index (κ3) is 41.4. The second-order valence-corrected chi connectivity index (χ2v) is 27.5. The number of hydrogen-bond donors (Lipinski definition) is 0. The van der Waals surface area contributed by atoms with Crippen molar-refractivity contribution in [1.29, 1.82) is 0 Å². The molecular weight excluding hydrogens is 2350 g/mol. The number of benzene rings is 8. The molecule has 20 aromatic rings. The average Bonchev–Trinajstić information content (AvgIpc) is 1.69. The minimum Gasteiger partial charge on any atom is -0.545 e. The fourth-order valence-electron chi connectivity index (χ4n) is 12.0. The van der Waals surface area contributed by atoms with Gasteiger partial charge >= 0.3 is 226 Å². The third-order valence-electron chi connectivity index (χ3n) is 18.3. The zero-order valence-corrected chi connectivity index (χ0v) is 83.2. The first kappa shape index (κ1) is 117. The topological polar surface area (TPSA) is 535 Å². The van der Waals surface area contributed by atoms with E-state index in [2.05, 4.69) is 61.2 Å². The Morgan fingerprint density at radius 2 is 0.221 bits per heavy atom. The molecule has 704 valence electrons. The summed E-state index contributed by atoms with van der Waals surface area (Å²) in [5, 5.41) is 132. The number of hydrogen-bond acceptors (Lipinski definition) is 28. The summed E-state index contributed by atoms with van der Waals surface area (Å²) in [4.78, 5) is 80.7.